The van der Waals surface area contributed by atoms with Crippen molar-refractivity contribution in [2.45, 2.75) is 6.04 Å². The lowest BCUT2D eigenvalue weighted by atomic mass is 10.1. The topological polar surface area (TPSA) is 84.5 Å². The van der Waals surface area contributed by atoms with Crippen LogP contribution in [-0.4, -0.2) is 44.4 Å². The van der Waals surface area contributed by atoms with Crippen LogP contribution in [0.25, 0.3) is 10.8 Å². The van der Waals surface area contributed by atoms with Crippen LogP contribution in [0.3, 0.4) is 0 Å². The van der Waals surface area contributed by atoms with Crippen LogP contribution >= 0.6 is 11.8 Å². The number of amides is 1. The second-order valence-electron chi connectivity index (χ2n) is 5.46. The van der Waals surface area contributed by atoms with E-state index in [4.69, 9.17) is 4.74 Å². The van der Waals surface area contributed by atoms with E-state index >= 15 is 0 Å². The van der Waals surface area contributed by atoms with Gasteiger partial charge >= 0.3 is 6.09 Å². The third-order valence-corrected chi connectivity index (χ3v) is 6.43. The number of rotatable bonds is 3. The summed E-state index contributed by atoms with van der Waals surface area (Å²) in [6.07, 6.45) is -0.597. The summed E-state index contributed by atoms with van der Waals surface area (Å²) in [5.74, 6) is 1.23. The third-order valence-electron chi connectivity index (χ3n) is 3.60. The smallest absolute Gasteiger partial charge is 0.411 e. The van der Waals surface area contributed by atoms with Crippen molar-refractivity contribution in [1.82, 2.24) is 4.72 Å². The number of hydrogen-bond donors (Lipinski definition) is 2. The summed E-state index contributed by atoms with van der Waals surface area (Å²) in [6, 6.07) is 12.9. The lowest BCUT2D eigenvalue weighted by molar-refractivity contribution is 0.154. The lowest BCUT2D eigenvalue weighted by Gasteiger charge is -2.15. The Morgan fingerprint density at radius 2 is 2.04 bits per heavy atom. The SMILES string of the molecule is O=C(Nc1cccc2ccccc12)OCC1CSCCS(=O)(=O)N1. The van der Waals surface area contributed by atoms with Crippen molar-refractivity contribution in [3.05, 3.63) is 42.5 Å². The van der Waals surface area contributed by atoms with Crippen molar-refractivity contribution < 1.29 is 17.9 Å². The zero-order chi connectivity index (χ0) is 17.0. The third kappa shape index (κ3) is 4.40. The highest BCUT2D eigenvalue weighted by Crippen LogP contribution is 2.23. The minimum absolute atomic E-state index is 0.00281. The fourth-order valence-electron chi connectivity index (χ4n) is 2.48. The first-order chi connectivity index (χ1) is 11.5. The summed E-state index contributed by atoms with van der Waals surface area (Å²) in [5.41, 5.74) is 0.661. The molecule has 1 unspecified atom stereocenters. The fraction of sp³-hybridized carbons (Fsp3) is 0.312. The normalized spacial score (nSPS) is 20.2. The highest BCUT2D eigenvalue weighted by atomic mass is 32.2. The molecule has 1 saturated heterocycles. The number of carbonyl (C=O) groups excluding carboxylic acids is 1. The van der Waals surface area contributed by atoms with Crippen molar-refractivity contribution in [3.8, 4) is 0 Å². The van der Waals surface area contributed by atoms with E-state index in [1.54, 1.807) is 6.07 Å². The molecule has 1 amide bonds. The summed E-state index contributed by atoms with van der Waals surface area (Å²) in [4.78, 5) is 12.0. The molecular weight excluding hydrogens is 348 g/mol. The number of nitrogens with one attached hydrogen (secondary N) is 2. The van der Waals surface area contributed by atoms with Gasteiger partial charge in [-0.25, -0.2) is 17.9 Å². The fourth-order valence-corrected chi connectivity index (χ4v) is 5.34. The van der Waals surface area contributed by atoms with E-state index in [0.29, 0.717) is 17.2 Å². The molecule has 128 valence electrons. The van der Waals surface area contributed by atoms with Crippen molar-refractivity contribution >= 4 is 44.3 Å². The Kier molecular flexibility index (Phi) is 5.27. The van der Waals surface area contributed by atoms with Crippen LogP contribution in [0.15, 0.2) is 42.5 Å². The Morgan fingerprint density at radius 3 is 2.92 bits per heavy atom. The van der Waals surface area contributed by atoms with Crippen LogP contribution in [0.2, 0.25) is 0 Å². The van der Waals surface area contributed by atoms with Gasteiger partial charge in [-0.3, -0.25) is 5.32 Å². The van der Waals surface area contributed by atoms with Gasteiger partial charge < -0.3 is 4.74 Å². The number of sulfonamides is 1. The molecule has 2 aromatic rings. The second-order valence-corrected chi connectivity index (χ2v) is 8.48. The van der Waals surface area contributed by atoms with Crippen molar-refractivity contribution in [2.75, 3.05) is 29.2 Å². The highest BCUT2D eigenvalue weighted by Gasteiger charge is 2.23. The number of fused-ring (bicyclic) bond motifs is 1. The maximum atomic E-state index is 12.0. The molecule has 1 fully saturated rings. The highest BCUT2D eigenvalue weighted by molar-refractivity contribution is 8.00. The largest absolute Gasteiger partial charge is 0.448 e. The first kappa shape index (κ1) is 17.1. The molecule has 1 atom stereocenters. The summed E-state index contributed by atoms with van der Waals surface area (Å²) in [6.45, 7) is 0.00281. The number of benzene rings is 2. The molecule has 6 nitrogen and oxygen atoms in total. The molecule has 1 aliphatic rings. The van der Waals surface area contributed by atoms with E-state index in [-0.39, 0.29) is 12.4 Å². The van der Waals surface area contributed by atoms with E-state index in [0.717, 1.165) is 10.8 Å². The van der Waals surface area contributed by atoms with Crippen LogP contribution in [-0.2, 0) is 14.8 Å². The van der Waals surface area contributed by atoms with Crippen LogP contribution in [0.1, 0.15) is 0 Å². The van der Waals surface area contributed by atoms with E-state index in [1.165, 1.54) is 11.8 Å². The summed E-state index contributed by atoms with van der Waals surface area (Å²) >= 11 is 1.53. The maximum absolute atomic E-state index is 12.0. The number of thioether (sulfide) groups is 1. The van der Waals surface area contributed by atoms with Crippen molar-refractivity contribution in [2.24, 2.45) is 0 Å². The predicted octanol–water partition coefficient (Wildman–Crippen LogP) is 2.42. The van der Waals surface area contributed by atoms with Crippen LogP contribution in [0, 0.1) is 0 Å². The van der Waals surface area contributed by atoms with Crippen molar-refractivity contribution in [3.63, 3.8) is 0 Å². The Balaban J connectivity index is 1.61. The summed E-state index contributed by atoms with van der Waals surface area (Å²) in [7, 11) is -3.29. The minimum atomic E-state index is -3.29. The number of ether oxygens (including phenoxy) is 1. The molecule has 3 rings (SSSR count). The van der Waals surface area contributed by atoms with Gasteiger partial charge in [-0.1, -0.05) is 36.4 Å². The van der Waals surface area contributed by atoms with Gasteiger partial charge in [0.25, 0.3) is 0 Å². The summed E-state index contributed by atoms with van der Waals surface area (Å²) < 4.78 is 31.1. The Morgan fingerprint density at radius 1 is 1.25 bits per heavy atom. The number of hydrogen-bond acceptors (Lipinski definition) is 5. The zero-order valence-corrected chi connectivity index (χ0v) is 14.5. The number of anilines is 1. The molecule has 0 bridgehead atoms. The van der Waals surface area contributed by atoms with Gasteiger partial charge in [0.05, 0.1) is 17.5 Å². The second kappa shape index (κ2) is 7.42. The molecule has 1 aliphatic heterocycles. The molecule has 24 heavy (non-hydrogen) atoms. The van der Waals surface area contributed by atoms with Crippen molar-refractivity contribution in [1.29, 1.82) is 0 Å². The van der Waals surface area contributed by atoms with Gasteiger partial charge in [0.2, 0.25) is 10.0 Å². The van der Waals surface area contributed by atoms with E-state index in [9.17, 15) is 13.2 Å². The molecular formula is C16H18N2O4S2. The molecule has 0 spiro atoms. The van der Waals surface area contributed by atoms with Crippen LogP contribution in [0.5, 0.6) is 0 Å². The van der Waals surface area contributed by atoms with E-state index in [2.05, 4.69) is 10.0 Å². The van der Waals surface area contributed by atoms with Gasteiger partial charge in [-0.15, -0.1) is 0 Å². The standard InChI is InChI=1S/C16H18N2O4S2/c19-16(22-10-13-11-23-8-9-24(20,21)18-13)17-15-7-3-5-12-4-1-2-6-14(12)15/h1-7,13,18H,8-11H2,(H,17,19). The summed E-state index contributed by atoms with van der Waals surface area (Å²) in [5, 5.41) is 4.65. The van der Waals surface area contributed by atoms with Gasteiger partial charge in [0.1, 0.15) is 6.61 Å². The molecule has 2 N–H and O–H groups in total. The Hall–Kier alpha value is -1.77. The lowest BCUT2D eigenvalue weighted by Crippen LogP contribution is -2.40. The monoisotopic (exact) mass is 366 g/mol. The van der Waals surface area contributed by atoms with Crippen LogP contribution in [0.4, 0.5) is 10.5 Å². The minimum Gasteiger partial charge on any atom is -0.448 e. The van der Waals surface area contributed by atoms with E-state index in [1.807, 2.05) is 36.4 Å². The van der Waals surface area contributed by atoms with Crippen LogP contribution < -0.4 is 10.0 Å². The van der Waals surface area contributed by atoms with E-state index < -0.39 is 22.2 Å². The maximum Gasteiger partial charge on any atom is 0.411 e. The van der Waals surface area contributed by atoms with Gasteiger partial charge in [0, 0.05) is 16.9 Å². The van der Waals surface area contributed by atoms with Gasteiger partial charge in [-0.05, 0) is 11.5 Å². The average Bonchev–Trinajstić information content (AvgIpc) is 2.73. The zero-order valence-electron chi connectivity index (χ0n) is 12.9. The molecule has 0 radical (unpaired) electrons. The molecule has 0 saturated carbocycles. The molecule has 8 heteroatoms. The Labute approximate surface area is 145 Å². The average molecular weight is 366 g/mol. The van der Waals surface area contributed by atoms with Gasteiger partial charge in [-0.2, -0.15) is 11.8 Å². The molecule has 0 aliphatic carbocycles. The molecule has 2 aromatic carbocycles. The molecule has 0 aromatic heterocycles. The number of carbonyl (C=O) groups is 1. The van der Waals surface area contributed by atoms with Gasteiger partial charge in [0.15, 0.2) is 0 Å². The first-order valence-corrected chi connectivity index (χ1v) is 10.3. The first-order valence-electron chi connectivity index (χ1n) is 7.53. The Bertz CT molecular complexity index is 834. The quantitative estimate of drug-likeness (QED) is 0.871. The molecule has 1 heterocycles. The predicted molar refractivity (Wildman–Crippen MR) is 97.0 cm³/mol.